The zero-order valence-electron chi connectivity index (χ0n) is 15.6. The topological polar surface area (TPSA) is 99.4 Å². The highest BCUT2D eigenvalue weighted by molar-refractivity contribution is 5.73. The molecule has 0 bridgehead atoms. The van der Waals surface area contributed by atoms with Crippen molar-refractivity contribution in [1.82, 2.24) is 5.32 Å². The molecule has 8 nitrogen and oxygen atoms in total. The number of fused-ring (bicyclic) bond motifs is 1. The lowest BCUT2D eigenvalue weighted by molar-refractivity contribution is -0.336. The molecule has 1 amide bonds. The Bertz CT molecular complexity index is 791. The first-order valence-corrected chi connectivity index (χ1v) is 9.15. The van der Waals surface area contributed by atoms with Crippen molar-refractivity contribution in [2.45, 2.75) is 50.8 Å². The number of furan rings is 1. The minimum atomic E-state index is -1.06. The molecule has 0 aliphatic carbocycles. The second kappa shape index (κ2) is 7.92. The molecule has 4 rings (SSSR count). The highest BCUT2D eigenvalue weighted by Crippen LogP contribution is 2.35. The Morgan fingerprint density at radius 3 is 2.68 bits per heavy atom. The van der Waals surface area contributed by atoms with E-state index in [0.717, 1.165) is 5.56 Å². The summed E-state index contributed by atoms with van der Waals surface area (Å²) in [7, 11) is 0. The molecular formula is C20H23NO7. The molecule has 2 N–H and O–H groups in total. The molecular weight excluding hydrogens is 366 g/mol. The van der Waals surface area contributed by atoms with Crippen molar-refractivity contribution in [2.75, 3.05) is 6.61 Å². The van der Waals surface area contributed by atoms with Crippen LogP contribution in [-0.4, -0.2) is 48.3 Å². The Balaban J connectivity index is 1.53. The van der Waals surface area contributed by atoms with Crippen LogP contribution in [0.15, 0.2) is 47.1 Å². The molecule has 0 saturated carbocycles. The van der Waals surface area contributed by atoms with Crippen LogP contribution >= 0.6 is 0 Å². The van der Waals surface area contributed by atoms with E-state index in [2.05, 4.69) is 5.32 Å². The van der Waals surface area contributed by atoms with Crippen molar-refractivity contribution in [3.63, 3.8) is 0 Å². The lowest BCUT2D eigenvalue weighted by Crippen LogP contribution is -2.67. The van der Waals surface area contributed by atoms with Crippen LogP contribution in [0.4, 0.5) is 0 Å². The van der Waals surface area contributed by atoms with E-state index in [1.165, 1.54) is 13.2 Å². The lowest BCUT2D eigenvalue weighted by atomic mass is 9.96. The van der Waals surface area contributed by atoms with Crippen LogP contribution in [0.5, 0.6) is 5.75 Å². The summed E-state index contributed by atoms with van der Waals surface area (Å²) in [5, 5.41) is 13.6. The van der Waals surface area contributed by atoms with Gasteiger partial charge >= 0.3 is 0 Å². The quantitative estimate of drug-likeness (QED) is 0.821. The number of aliphatic hydroxyl groups is 1. The van der Waals surface area contributed by atoms with Gasteiger partial charge in [-0.05, 0) is 31.2 Å². The number of aliphatic hydroxyl groups excluding tert-OH is 1. The molecule has 0 spiro atoms. The molecule has 150 valence electrons. The summed E-state index contributed by atoms with van der Waals surface area (Å²) in [4.78, 5) is 11.7. The van der Waals surface area contributed by atoms with Gasteiger partial charge in [-0.2, -0.15) is 0 Å². The summed E-state index contributed by atoms with van der Waals surface area (Å²) >= 11 is 0. The predicted molar refractivity (Wildman–Crippen MR) is 96.4 cm³/mol. The number of carbonyl (C=O) groups is 1. The molecule has 1 aromatic heterocycles. The second-order valence-corrected chi connectivity index (χ2v) is 6.97. The minimum absolute atomic E-state index is 0.188. The molecule has 2 aliphatic rings. The van der Waals surface area contributed by atoms with Gasteiger partial charge in [0.05, 0.1) is 12.9 Å². The Hall–Kier alpha value is -2.39. The summed E-state index contributed by atoms with van der Waals surface area (Å²) in [5.41, 5.74) is 1.09. The molecule has 0 radical (unpaired) electrons. The Morgan fingerprint density at radius 1 is 1.21 bits per heavy atom. The third-order valence-electron chi connectivity index (χ3n) is 4.78. The van der Waals surface area contributed by atoms with Crippen LogP contribution in [-0.2, 0) is 19.0 Å². The van der Waals surface area contributed by atoms with Gasteiger partial charge in [-0.1, -0.05) is 17.7 Å². The van der Waals surface area contributed by atoms with E-state index in [-0.39, 0.29) is 12.5 Å². The van der Waals surface area contributed by atoms with Gasteiger partial charge in [0, 0.05) is 6.92 Å². The highest BCUT2D eigenvalue weighted by Gasteiger charge is 2.51. The Labute approximate surface area is 162 Å². The van der Waals surface area contributed by atoms with Crippen LogP contribution in [0.3, 0.4) is 0 Å². The molecule has 2 saturated heterocycles. The maximum absolute atomic E-state index is 11.7. The van der Waals surface area contributed by atoms with Gasteiger partial charge in [-0.15, -0.1) is 0 Å². The molecule has 8 heteroatoms. The molecule has 6 atom stereocenters. The number of rotatable bonds is 4. The summed E-state index contributed by atoms with van der Waals surface area (Å²) in [6.07, 6.45) is -2.44. The van der Waals surface area contributed by atoms with E-state index in [1.807, 2.05) is 31.2 Å². The zero-order valence-corrected chi connectivity index (χ0v) is 15.6. The van der Waals surface area contributed by atoms with Crippen LogP contribution in [0.1, 0.15) is 24.5 Å². The molecule has 1 aromatic carbocycles. The van der Waals surface area contributed by atoms with Crippen LogP contribution < -0.4 is 10.1 Å². The summed E-state index contributed by atoms with van der Waals surface area (Å²) in [6, 6.07) is 10.1. The smallest absolute Gasteiger partial charge is 0.223 e. The number of benzene rings is 1. The average Bonchev–Trinajstić information content (AvgIpc) is 3.21. The predicted octanol–water partition coefficient (Wildman–Crippen LogP) is 1.67. The van der Waals surface area contributed by atoms with Gasteiger partial charge in [0.1, 0.15) is 30.1 Å². The summed E-state index contributed by atoms with van der Waals surface area (Å²) in [6.45, 7) is 3.54. The number of carbonyl (C=O) groups excluding carboxylic acids is 1. The van der Waals surface area contributed by atoms with Gasteiger partial charge in [0.15, 0.2) is 5.76 Å². The molecule has 2 aromatic rings. The van der Waals surface area contributed by atoms with Gasteiger partial charge in [0.2, 0.25) is 18.5 Å². The summed E-state index contributed by atoms with van der Waals surface area (Å²) in [5.74, 6) is 0.765. The average molecular weight is 389 g/mol. The fraction of sp³-hybridized carbons (Fsp3) is 0.450. The Morgan fingerprint density at radius 2 is 2.00 bits per heavy atom. The molecule has 28 heavy (non-hydrogen) atoms. The molecule has 0 unspecified atom stereocenters. The first-order valence-electron chi connectivity index (χ1n) is 9.15. The van der Waals surface area contributed by atoms with Gasteiger partial charge < -0.3 is 33.8 Å². The fourth-order valence-corrected chi connectivity index (χ4v) is 3.40. The van der Waals surface area contributed by atoms with Gasteiger partial charge in [-0.3, -0.25) is 4.79 Å². The minimum Gasteiger partial charge on any atom is -0.464 e. The summed E-state index contributed by atoms with van der Waals surface area (Å²) < 4.78 is 28.8. The number of nitrogens with one attached hydrogen (secondary N) is 1. The van der Waals surface area contributed by atoms with E-state index < -0.39 is 36.9 Å². The van der Waals surface area contributed by atoms with Gasteiger partial charge in [0.25, 0.3) is 0 Å². The van der Waals surface area contributed by atoms with Crippen molar-refractivity contribution in [3.05, 3.63) is 54.0 Å². The van der Waals surface area contributed by atoms with Crippen molar-refractivity contribution >= 4 is 5.91 Å². The number of ether oxygens (including phenoxy) is 4. The van der Waals surface area contributed by atoms with Gasteiger partial charge in [-0.25, -0.2) is 0 Å². The molecule has 3 heterocycles. The van der Waals surface area contributed by atoms with E-state index in [9.17, 15) is 9.90 Å². The maximum atomic E-state index is 11.7. The molecule has 2 fully saturated rings. The SMILES string of the molecule is CC(=O)N[C@@H]1[C@@H](Oc2ccc(C)cc2)O[C@H]2CO[C@H](c3ccco3)O[C@@H]2[C@H]1O. The van der Waals surface area contributed by atoms with Crippen molar-refractivity contribution in [3.8, 4) is 5.75 Å². The van der Waals surface area contributed by atoms with Crippen molar-refractivity contribution in [1.29, 1.82) is 0 Å². The van der Waals surface area contributed by atoms with E-state index in [1.54, 1.807) is 12.1 Å². The third-order valence-corrected chi connectivity index (χ3v) is 4.78. The standard InChI is InChI=1S/C20H23NO7/c1-11-5-7-13(8-6-11)26-20-16(21-12(2)22)17(23)18-15(27-20)10-25-19(28-18)14-4-3-9-24-14/h3-9,15-20,23H,10H2,1-2H3,(H,21,22)/t15-,16-,17-,18-,19-,20-/m0/s1. The van der Waals surface area contributed by atoms with Crippen LogP contribution in [0, 0.1) is 6.92 Å². The number of hydrogen-bond acceptors (Lipinski definition) is 7. The largest absolute Gasteiger partial charge is 0.464 e. The molecule has 2 aliphatic heterocycles. The number of hydrogen-bond donors (Lipinski definition) is 2. The number of amides is 1. The number of aryl methyl sites for hydroxylation is 1. The normalized spacial score (nSPS) is 32.4. The van der Waals surface area contributed by atoms with E-state index >= 15 is 0 Å². The maximum Gasteiger partial charge on any atom is 0.223 e. The van der Waals surface area contributed by atoms with E-state index in [4.69, 9.17) is 23.4 Å². The Kier molecular flexibility index (Phi) is 5.36. The van der Waals surface area contributed by atoms with Crippen molar-refractivity contribution < 1.29 is 33.3 Å². The third kappa shape index (κ3) is 3.90. The highest BCUT2D eigenvalue weighted by atomic mass is 16.8. The second-order valence-electron chi connectivity index (χ2n) is 6.97. The van der Waals surface area contributed by atoms with Crippen LogP contribution in [0.2, 0.25) is 0 Å². The zero-order chi connectivity index (χ0) is 19.7. The van der Waals surface area contributed by atoms with Crippen molar-refractivity contribution in [2.24, 2.45) is 0 Å². The van der Waals surface area contributed by atoms with E-state index in [0.29, 0.717) is 11.5 Å². The fourth-order valence-electron chi connectivity index (χ4n) is 3.40. The first kappa shape index (κ1) is 18.9. The first-order chi connectivity index (χ1) is 13.5. The lowest BCUT2D eigenvalue weighted by Gasteiger charge is -2.47. The monoisotopic (exact) mass is 389 g/mol. The van der Waals surface area contributed by atoms with Crippen LogP contribution in [0.25, 0.3) is 0 Å².